The molecule has 40 heavy (non-hydrogen) atoms. The number of nitrogens with one attached hydrogen (secondary N) is 4. The molecule has 10 heteroatoms. The van der Waals surface area contributed by atoms with Gasteiger partial charge in [0.05, 0.1) is 0 Å². The summed E-state index contributed by atoms with van der Waals surface area (Å²) in [4.78, 5) is 57.9. The van der Waals surface area contributed by atoms with Crippen molar-refractivity contribution < 1.29 is 19.2 Å². The van der Waals surface area contributed by atoms with Crippen LogP contribution in [0.25, 0.3) is 0 Å². The van der Waals surface area contributed by atoms with Crippen LogP contribution in [0, 0.1) is 11.8 Å². The van der Waals surface area contributed by atoms with Crippen LogP contribution in [-0.2, 0) is 9.59 Å². The first-order valence-corrected chi connectivity index (χ1v) is 14.2. The van der Waals surface area contributed by atoms with Crippen LogP contribution in [0.4, 0.5) is 0 Å². The topological polar surface area (TPSA) is 142 Å². The summed E-state index contributed by atoms with van der Waals surface area (Å²) < 4.78 is 0. The van der Waals surface area contributed by atoms with Gasteiger partial charge in [-0.15, -0.1) is 0 Å². The molecular formula is C30H44N6O4. The maximum Gasteiger partial charge on any atom is 0.252 e. The van der Waals surface area contributed by atoms with Gasteiger partial charge in [-0.3, -0.25) is 29.1 Å². The number of pyridine rings is 2. The molecule has 218 valence electrons. The van der Waals surface area contributed by atoms with E-state index in [1.54, 1.807) is 49.1 Å². The van der Waals surface area contributed by atoms with E-state index in [2.05, 4.69) is 31.2 Å². The average Bonchev–Trinajstić information content (AvgIpc) is 2.95. The molecule has 2 rings (SSSR count). The molecule has 4 amide bonds. The Balaban J connectivity index is 1.57. The third-order valence-corrected chi connectivity index (χ3v) is 6.56. The first-order chi connectivity index (χ1) is 19.2. The summed E-state index contributed by atoms with van der Waals surface area (Å²) in [7, 11) is 0. The molecule has 0 fully saturated rings. The summed E-state index contributed by atoms with van der Waals surface area (Å²) in [6.07, 6.45) is 11.9. The van der Waals surface area contributed by atoms with E-state index in [1.165, 1.54) is 0 Å². The fourth-order valence-corrected chi connectivity index (χ4v) is 4.13. The molecule has 2 aromatic rings. The molecule has 10 nitrogen and oxygen atoms in total. The van der Waals surface area contributed by atoms with Crippen molar-refractivity contribution in [2.75, 3.05) is 13.1 Å². The Kier molecular flexibility index (Phi) is 14.3. The molecule has 0 aliphatic carbocycles. The van der Waals surface area contributed by atoms with Crippen LogP contribution < -0.4 is 21.3 Å². The summed E-state index contributed by atoms with van der Waals surface area (Å²) in [5.41, 5.74) is 0.945. The molecule has 0 radical (unpaired) electrons. The fraction of sp³-hybridized carbons (Fsp3) is 0.533. The Morgan fingerprint density at radius 1 is 0.575 bits per heavy atom. The van der Waals surface area contributed by atoms with Crippen LogP contribution in [-0.4, -0.2) is 58.8 Å². The Morgan fingerprint density at radius 3 is 1.23 bits per heavy atom. The second-order valence-corrected chi connectivity index (χ2v) is 10.6. The number of nitrogens with zero attached hydrogens (tertiary/aromatic N) is 2. The molecule has 4 N–H and O–H groups in total. The number of carbonyl (C=O) groups excluding carboxylic acids is 4. The highest BCUT2D eigenvalue weighted by molar-refractivity contribution is 5.98. The Hall–Kier alpha value is -3.82. The SMILES string of the molecule is CC(C)[C@H](NC(=O)c1ccncc1)C(=O)NCCCCCCCCNC(=O)[C@@H](NC(=O)c1ccncc1)C(C)C. The first-order valence-electron chi connectivity index (χ1n) is 14.2. The zero-order chi connectivity index (χ0) is 29.3. The van der Waals surface area contributed by atoms with Gasteiger partial charge in [0.2, 0.25) is 11.8 Å². The van der Waals surface area contributed by atoms with Crippen molar-refractivity contribution in [1.82, 2.24) is 31.2 Å². The fourth-order valence-electron chi connectivity index (χ4n) is 4.13. The van der Waals surface area contributed by atoms with Gasteiger partial charge in [-0.25, -0.2) is 0 Å². The molecule has 2 heterocycles. The van der Waals surface area contributed by atoms with Gasteiger partial charge in [0.25, 0.3) is 11.8 Å². The summed E-state index contributed by atoms with van der Waals surface area (Å²) in [6, 6.07) is 5.26. The van der Waals surface area contributed by atoms with Crippen molar-refractivity contribution in [3.8, 4) is 0 Å². The number of hydrogen-bond donors (Lipinski definition) is 4. The minimum Gasteiger partial charge on any atom is -0.354 e. The maximum atomic E-state index is 12.6. The van der Waals surface area contributed by atoms with Gasteiger partial charge >= 0.3 is 0 Å². The number of amides is 4. The van der Waals surface area contributed by atoms with E-state index < -0.39 is 12.1 Å². The largest absolute Gasteiger partial charge is 0.354 e. The van der Waals surface area contributed by atoms with Crippen molar-refractivity contribution in [1.29, 1.82) is 0 Å². The normalized spacial score (nSPS) is 12.4. The van der Waals surface area contributed by atoms with E-state index >= 15 is 0 Å². The standard InChI is InChI=1S/C30H44N6O4/c1-21(2)25(35-27(37)23-11-17-31-18-12-23)29(39)33-15-9-7-5-6-8-10-16-34-30(40)26(22(3)4)36-28(38)24-13-19-32-20-14-24/h11-14,17-22,25-26H,5-10,15-16H2,1-4H3,(H,33,39)(H,34,40)(H,35,37)(H,36,38)/t25-,26-/m0/s1. The van der Waals surface area contributed by atoms with Crippen LogP contribution in [0.15, 0.2) is 49.1 Å². The molecule has 0 saturated carbocycles. The van der Waals surface area contributed by atoms with E-state index in [0.29, 0.717) is 24.2 Å². The van der Waals surface area contributed by atoms with Gasteiger partial charge in [0.15, 0.2) is 0 Å². The average molecular weight is 553 g/mol. The maximum absolute atomic E-state index is 12.6. The minimum atomic E-state index is -0.602. The lowest BCUT2D eigenvalue weighted by Gasteiger charge is -2.22. The third-order valence-electron chi connectivity index (χ3n) is 6.56. The molecule has 0 spiro atoms. The Labute approximate surface area is 237 Å². The quantitative estimate of drug-likeness (QED) is 0.222. The first kappa shape index (κ1) is 32.4. The minimum absolute atomic E-state index is 0.0419. The molecular weight excluding hydrogens is 508 g/mol. The molecule has 2 atom stereocenters. The number of unbranched alkanes of at least 4 members (excludes halogenated alkanes) is 5. The molecule has 0 aliphatic rings. The highest BCUT2D eigenvalue weighted by Crippen LogP contribution is 2.08. The van der Waals surface area contributed by atoms with Gasteiger partial charge in [0, 0.05) is 49.0 Å². The number of aromatic nitrogens is 2. The van der Waals surface area contributed by atoms with Gasteiger partial charge in [0.1, 0.15) is 12.1 Å². The molecule has 0 aromatic carbocycles. The number of rotatable bonds is 17. The molecule has 0 saturated heterocycles. The number of hydrogen-bond acceptors (Lipinski definition) is 6. The lowest BCUT2D eigenvalue weighted by Crippen LogP contribution is -2.49. The van der Waals surface area contributed by atoms with Crippen LogP contribution in [0.3, 0.4) is 0 Å². The summed E-state index contributed by atoms with van der Waals surface area (Å²) >= 11 is 0. The van der Waals surface area contributed by atoms with E-state index in [1.807, 2.05) is 27.7 Å². The van der Waals surface area contributed by atoms with Crippen molar-refractivity contribution in [2.45, 2.75) is 78.3 Å². The zero-order valence-corrected chi connectivity index (χ0v) is 24.1. The van der Waals surface area contributed by atoms with Crippen molar-refractivity contribution >= 4 is 23.6 Å². The number of carbonyl (C=O) groups is 4. The van der Waals surface area contributed by atoms with E-state index in [0.717, 1.165) is 38.5 Å². The van der Waals surface area contributed by atoms with Crippen molar-refractivity contribution in [3.63, 3.8) is 0 Å². The Morgan fingerprint density at radius 2 is 0.900 bits per heavy atom. The molecule has 2 aromatic heterocycles. The second kappa shape index (κ2) is 17.7. The molecule has 0 unspecified atom stereocenters. The lowest BCUT2D eigenvalue weighted by atomic mass is 10.0. The summed E-state index contributed by atoms with van der Waals surface area (Å²) in [5, 5.41) is 11.5. The van der Waals surface area contributed by atoms with Crippen LogP contribution in [0.2, 0.25) is 0 Å². The highest BCUT2D eigenvalue weighted by Gasteiger charge is 2.25. The van der Waals surface area contributed by atoms with Gasteiger partial charge in [-0.05, 0) is 48.9 Å². The monoisotopic (exact) mass is 552 g/mol. The van der Waals surface area contributed by atoms with Gasteiger partial charge in [-0.1, -0.05) is 53.4 Å². The van der Waals surface area contributed by atoms with E-state index in [9.17, 15) is 19.2 Å². The van der Waals surface area contributed by atoms with E-state index in [-0.39, 0.29) is 35.5 Å². The molecule has 0 aliphatic heterocycles. The highest BCUT2D eigenvalue weighted by atomic mass is 16.2. The summed E-state index contributed by atoms with van der Waals surface area (Å²) in [5.74, 6) is -1.02. The molecule has 0 bridgehead atoms. The predicted octanol–water partition coefficient (Wildman–Crippen LogP) is 3.26. The third kappa shape index (κ3) is 11.5. The second-order valence-electron chi connectivity index (χ2n) is 10.6. The van der Waals surface area contributed by atoms with Crippen LogP contribution in [0.5, 0.6) is 0 Å². The predicted molar refractivity (Wildman–Crippen MR) is 154 cm³/mol. The lowest BCUT2D eigenvalue weighted by molar-refractivity contribution is -0.124. The summed E-state index contributed by atoms with van der Waals surface area (Å²) in [6.45, 7) is 8.74. The Bertz CT molecular complexity index is 977. The van der Waals surface area contributed by atoms with Gasteiger partial charge in [-0.2, -0.15) is 0 Å². The van der Waals surface area contributed by atoms with Crippen molar-refractivity contribution in [3.05, 3.63) is 60.2 Å². The zero-order valence-electron chi connectivity index (χ0n) is 24.1. The van der Waals surface area contributed by atoms with E-state index in [4.69, 9.17) is 0 Å². The van der Waals surface area contributed by atoms with Crippen LogP contribution in [0.1, 0.15) is 86.9 Å². The van der Waals surface area contributed by atoms with Gasteiger partial charge < -0.3 is 21.3 Å². The van der Waals surface area contributed by atoms with Crippen LogP contribution >= 0.6 is 0 Å². The van der Waals surface area contributed by atoms with Crippen molar-refractivity contribution in [2.24, 2.45) is 11.8 Å². The smallest absolute Gasteiger partial charge is 0.252 e.